The molecule has 0 fully saturated rings. The zero-order chi connectivity index (χ0) is 16.6. The predicted molar refractivity (Wildman–Crippen MR) is 82.7 cm³/mol. The van der Waals surface area contributed by atoms with Gasteiger partial charge in [-0.05, 0) is 44.2 Å². The first kappa shape index (κ1) is 15.6. The van der Waals surface area contributed by atoms with Crippen molar-refractivity contribution in [1.82, 2.24) is 4.72 Å². The highest BCUT2D eigenvalue weighted by Crippen LogP contribution is 2.30. The molecule has 1 aromatic heterocycles. The molecule has 1 aliphatic heterocycles. The monoisotopic (exact) mass is 336 g/mol. The van der Waals surface area contributed by atoms with E-state index in [-0.39, 0.29) is 17.4 Å². The minimum atomic E-state index is -3.77. The molecule has 0 saturated heterocycles. The second-order valence-corrected chi connectivity index (χ2v) is 7.00. The summed E-state index contributed by atoms with van der Waals surface area (Å²) in [5, 5.41) is 2.59. The number of sulfonamides is 1. The first-order valence-corrected chi connectivity index (χ1v) is 8.49. The van der Waals surface area contributed by atoms with Crippen molar-refractivity contribution in [3.8, 4) is 5.75 Å². The number of furan rings is 1. The van der Waals surface area contributed by atoms with Crippen molar-refractivity contribution in [2.45, 2.75) is 24.8 Å². The van der Waals surface area contributed by atoms with Gasteiger partial charge >= 0.3 is 0 Å². The maximum Gasteiger partial charge on any atom is 0.262 e. The van der Waals surface area contributed by atoms with Crippen molar-refractivity contribution in [2.75, 3.05) is 11.9 Å². The molecule has 7 nitrogen and oxygen atoms in total. The molecule has 122 valence electrons. The van der Waals surface area contributed by atoms with Gasteiger partial charge in [0.15, 0.2) is 6.61 Å². The summed E-state index contributed by atoms with van der Waals surface area (Å²) in [5.74, 6) is 1.36. The molecule has 0 bridgehead atoms. The van der Waals surface area contributed by atoms with E-state index >= 15 is 0 Å². The molecule has 2 aromatic rings. The Morgan fingerprint density at radius 2 is 2.04 bits per heavy atom. The molecule has 0 unspecified atom stereocenters. The maximum atomic E-state index is 12.5. The van der Waals surface area contributed by atoms with E-state index in [0.29, 0.717) is 23.0 Å². The van der Waals surface area contributed by atoms with E-state index in [2.05, 4.69) is 10.0 Å². The average molecular weight is 336 g/mol. The summed E-state index contributed by atoms with van der Waals surface area (Å²) in [4.78, 5) is 11.4. The van der Waals surface area contributed by atoms with E-state index < -0.39 is 16.1 Å². The van der Waals surface area contributed by atoms with E-state index in [1.165, 1.54) is 18.2 Å². The third-order valence-electron chi connectivity index (χ3n) is 3.41. The molecule has 1 atom stereocenters. The van der Waals surface area contributed by atoms with E-state index in [4.69, 9.17) is 9.15 Å². The van der Waals surface area contributed by atoms with Crippen LogP contribution in [0.4, 0.5) is 5.69 Å². The molecular weight excluding hydrogens is 320 g/mol. The first-order valence-electron chi connectivity index (χ1n) is 7.00. The highest BCUT2D eigenvalue weighted by molar-refractivity contribution is 7.89. The molecule has 0 radical (unpaired) electrons. The van der Waals surface area contributed by atoms with Crippen LogP contribution in [0.15, 0.2) is 39.6 Å². The van der Waals surface area contributed by atoms with Gasteiger partial charge in [0.25, 0.3) is 5.91 Å². The van der Waals surface area contributed by atoms with Crippen molar-refractivity contribution in [1.29, 1.82) is 0 Å². The Balaban J connectivity index is 1.85. The van der Waals surface area contributed by atoms with Gasteiger partial charge in [0.1, 0.15) is 17.3 Å². The summed E-state index contributed by atoms with van der Waals surface area (Å²) in [7, 11) is -3.77. The second-order valence-electron chi connectivity index (χ2n) is 5.29. The van der Waals surface area contributed by atoms with Gasteiger partial charge in [0.2, 0.25) is 10.0 Å². The van der Waals surface area contributed by atoms with Crippen molar-refractivity contribution in [3.63, 3.8) is 0 Å². The number of hydrogen-bond acceptors (Lipinski definition) is 5. The number of anilines is 1. The summed E-state index contributed by atoms with van der Waals surface area (Å²) in [5.41, 5.74) is 0.339. The number of ether oxygens (including phenoxy) is 1. The third kappa shape index (κ3) is 3.22. The molecule has 1 amide bonds. The lowest BCUT2D eigenvalue weighted by Gasteiger charge is -2.19. The van der Waals surface area contributed by atoms with E-state index in [1.807, 2.05) is 0 Å². The molecule has 2 N–H and O–H groups in total. The van der Waals surface area contributed by atoms with E-state index in [1.54, 1.807) is 26.0 Å². The number of aryl methyl sites for hydroxylation is 1. The fourth-order valence-electron chi connectivity index (χ4n) is 2.27. The molecular formula is C15H16N2O5S. The van der Waals surface area contributed by atoms with Crippen LogP contribution < -0.4 is 14.8 Å². The predicted octanol–water partition coefficient (Wildman–Crippen LogP) is 1.96. The molecule has 0 saturated carbocycles. The molecule has 0 aliphatic carbocycles. The number of benzene rings is 1. The maximum absolute atomic E-state index is 12.5. The highest BCUT2D eigenvalue weighted by atomic mass is 32.2. The van der Waals surface area contributed by atoms with E-state index in [0.717, 1.165) is 0 Å². The standard InChI is InChI=1S/C15H16N2O5S/c1-9-3-5-13(22-9)10(2)17-23(19,20)11-4-6-14-12(7-11)16-15(18)8-21-14/h3-7,10,17H,8H2,1-2H3,(H,16,18)/t10-/m1/s1. The van der Waals surface area contributed by atoms with Gasteiger partial charge in [-0.15, -0.1) is 0 Å². The van der Waals surface area contributed by atoms with Crippen LogP contribution in [-0.2, 0) is 14.8 Å². The fraction of sp³-hybridized carbons (Fsp3) is 0.267. The molecule has 2 heterocycles. The minimum absolute atomic E-state index is 0.0391. The second kappa shape index (κ2) is 5.71. The van der Waals surface area contributed by atoms with Gasteiger partial charge < -0.3 is 14.5 Å². The topological polar surface area (TPSA) is 97.6 Å². The Kier molecular flexibility index (Phi) is 3.87. The number of nitrogens with one attached hydrogen (secondary N) is 2. The number of amides is 1. The molecule has 1 aromatic carbocycles. The molecule has 0 spiro atoms. The quantitative estimate of drug-likeness (QED) is 0.889. The Bertz CT molecular complexity index is 857. The molecule has 3 rings (SSSR count). The smallest absolute Gasteiger partial charge is 0.262 e. The number of hydrogen-bond donors (Lipinski definition) is 2. The largest absolute Gasteiger partial charge is 0.482 e. The SMILES string of the molecule is Cc1ccc([C@@H](C)NS(=O)(=O)c2ccc3c(c2)NC(=O)CO3)o1. The average Bonchev–Trinajstić information content (AvgIpc) is 2.92. The summed E-state index contributed by atoms with van der Waals surface area (Å²) >= 11 is 0. The Labute approximate surface area is 133 Å². The number of carbonyl (C=O) groups is 1. The summed E-state index contributed by atoms with van der Waals surface area (Å²) < 4.78 is 38.2. The van der Waals surface area contributed by atoms with Crippen molar-refractivity contribution < 1.29 is 22.4 Å². The van der Waals surface area contributed by atoms with Gasteiger partial charge in [0, 0.05) is 0 Å². The first-order chi connectivity index (χ1) is 10.8. The molecule has 23 heavy (non-hydrogen) atoms. The van der Waals surface area contributed by atoms with Crippen LogP contribution >= 0.6 is 0 Å². The summed E-state index contributed by atoms with van der Waals surface area (Å²) in [6.07, 6.45) is 0. The van der Waals surface area contributed by atoms with Gasteiger partial charge in [0.05, 0.1) is 16.6 Å². The fourth-order valence-corrected chi connectivity index (χ4v) is 3.51. The van der Waals surface area contributed by atoms with Gasteiger partial charge in [-0.3, -0.25) is 4.79 Å². The van der Waals surface area contributed by atoms with Gasteiger partial charge in [-0.2, -0.15) is 0 Å². The zero-order valence-corrected chi connectivity index (χ0v) is 13.4. The Morgan fingerprint density at radius 1 is 1.26 bits per heavy atom. The lowest BCUT2D eigenvalue weighted by atomic mass is 10.2. The summed E-state index contributed by atoms with van der Waals surface area (Å²) in [6.45, 7) is 3.40. The van der Waals surface area contributed by atoms with Crippen molar-refractivity contribution >= 4 is 21.6 Å². The van der Waals surface area contributed by atoms with Crippen molar-refractivity contribution in [2.24, 2.45) is 0 Å². The highest BCUT2D eigenvalue weighted by Gasteiger charge is 2.23. The van der Waals surface area contributed by atoms with Crippen LogP contribution in [0, 0.1) is 6.92 Å². The van der Waals surface area contributed by atoms with Crippen LogP contribution in [0.5, 0.6) is 5.75 Å². The van der Waals surface area contributed by atoms with Crippen molar-refractivity contribution in [3.05, 3.63) is 41.9 Å². The van der Waals surface area contributed by atoms with Gasteiger partial charge in [-0.1, -0.05) is 0 Å². The van der Waals surface area contributed by atoms with E-state index in [9.17, 15) is 13.2 Å². The van der Waals surface area contributed by atoms with Crippen LogP contribution in [0.2, 0.25) is 0 Å². The lowest BCUT2D eigenvalue weighted by Crippen LogP contribution is -2.28. The number of fused-ring (bicyclic) bond motifs is 1. The number of carbonyl (C=O) groups excluding carboxylic acids is 1. The van der Waals surface area contributed by atoms with Crippen LogP contribution in [0.1, 0.15) is 24.5 Å². The summed E-state index contributed by atoms with van der Waals surface area (Å²) in [6, 6.07) is 7.30. The van der Waals surface area contributed by atoms with Crippen LogP contribution in [0.25, 0.3) is 0 Å². The van der Waals surface area contributed by atoms with Crippen LogP contribution in [0.3, 0.4) is 0 Å². The zero-order valence-electron chi connectivity index (χ0n) is 12.6. The lowest BCUT2D eigenvalue weighted by molar-refractivity contribution is -0.118. The van der Waals surface area contributed by atoms with Gasteiger partial charge in [-0.25, -0.2) is 13.1 Å². The third-order valence-corrected chi connectivity index (χ3v) is 4.95. The normalized spacial score (nSPS) is 15.5. The van der Waals surface area contributed by atoms with Crippen LogP contribution in [-0.4, -0.2) is 20.9 Å². The molecule has 1 aliphatic rings. The minimum Gasteiger partial charge on any atom is -0.482 e. The Morgan fingerprint density at radius 3 is 2.74 bits per heavy atom. The molecule has 8 heteroatoms. The number of rotatable bonds is 4. The Hall–Kier alpha value is -2.32.